The molecule has 3 heterocycles. The fourth-order valence-corrected chi connectivity index (χ4v) is 4.26. The number of carbonyl (C=O) groups excluding carboxylic acids is 2. The van der Waals surface area contributed by atoms with Crippen LogP contribution in [0.1, 0.15) is 30.6 Å². The van der Waals surface area contributed by atoms with Crippen LogP contribution in [0.25, 0.3) is 16.9 Å². The first kappa shape index (κ1) is 23.6. The Labute approximate surface area is 187 Å². The average molecular weight is 458 g/mol. The van der Waals surface area contributed by atoms with E-state index in [-0.39, 0.29) is 19.3 Å². The molecule has 32 heavy (non-hydrogen) atoms. The largest absolute Gasteiger partial charge is 0.315 e. The molecule has 9 nitrogen and oxygen atoms in total. The smallest absolute Gasteiger partial charge is 0.249 e. The summed E-state index contributed by atoms with van der Waals surface area (Å²) in [4.78, 5) is 27.0. The Hall–Kier alpha value is -3.11. The van der Waals surface area contributed by atoms with Crippen molar-refractivity contribution in [2.75, 3.05) is 29.9 Å². The van der Waals surface area contributed by atoms with Gasteiger partial charge in [-0.1, -0.05) is 37.8 Å². The van der Waals surface area contributed by atoms with Gasteiger partial charge in [-0.3, -0.25) is 14.9 Å². The molecule has 0 atom stereocenters. The molecule has 5 rings (SSSR count). The zero-order valence-electron chi connectivity index (χ0n) is 16.8. The Morgan fingerprint density at radius 1 is 1.09 bits per heavy atom. The van der Waals surface area contributed by atoms with E-state index in [4.69, 9.17) is 0 Å². The summed E-state index contributed by atoms with van der Waals surface area (Å²) in [6, 6.07) is 12.9. The Balaban J connectivity index is 0.000000274. The van der Waals surface area contributed by atoms with E-state index in [0.717, 1.165) is 30.4 Å². The summed E-state index contributed by atoms with van der Waals surface area (Å²) in [5, 5.41) is 10.1. The molecule has 0 unspecified atom stereocenters. The van der Waals surface area contributed by atoms with Crippen molar-refractivity contribution in [1.82, 2.24) is 19.9 Å². The molecule has 0 bridgehead atoms. The van der Waals surface area contributed by atoms with Gasteiger partial charge in [-0.05, 0) is 25.0 Å². The van der Waals surface area contributed by atoms with Gasteiger partial charge in [0.15, 0.2) is 15.5 Å². The summed E-state index contributed by atoms with van der Waals surface area (Å²) in [5.74, 6) is 1.04. The normalized spacial score (nSPS) is 16.9. The highest BCUT2D eigenvalue weighted by atomic mass is 32.2. The molecular formula is C22H27N5O4S. The number of hydrogen-bond acceptors (Lipinski definition) is 7. The monoisotopic (exact) mass is 457 g/mol. The zero-order valence-corrected chi connectivity index (χ0v) is 17.6. The van der Waals surface area contributed by atoms with Crippen molar-refractivity contribution >= 4 is 33.6 Å². The maximum Gasteiger partial charge on any atom is 0.249 e. The van der Waals surface area contributed by atoms with Gasteiger partial charge in [0.25, 0.3) is 0 Å². The molecule has 3 aromatic rings. The fourth-order valence-electron chi connectivity index (χ4n) is 3.15. The third kappa shape index (κ3) is 5.77. The predicted molar refractivity (Wildman–Crippen MR) is 123 cm³/mol. The molecular weight excluding hydrogens is 430 g/mol. The van der Waals surface area contributed by atoms with E-state index in [1.165, 1.54) is 0 Å². The van der Waals surface area contributed by atoms with Gasteiger partial charge >= 0.3 is 0 Å². The van der Waals surface area contributed by atoms with Crippen molar-refractivity contribution in [2.24, 2.45) is 5.92 Å². The van der Waals surface area contributed by atoms with E-state index >= 15 is 0 Å². The molecule has 0 spiro atoms. The molecule has 1 aliphatic heterocycles. The summed E-state index contributed by atoms with van der Waals surface area (Å²) >= 11 is 0. The van der Waals surface area contributed by atoms with Gasteiger partial charge in [0.1, 0.15) is 6.29 Å². The van der Waals surface area contributed by atoms with Gasteiger partial charge in [0.2, 0.25) is 11.9 Å². The second-order valence-corrected chi connectivity index (χ2v) is 9.83. The summed E-state index contributed by atoms with van der Waals surface area (Å²) in [5.41, 5.74) is 3.05. The predicted octanol–water partition coefficient (Wildman–Crippen LogP) is 2.20. The third-order valence-corrected chi connectivity index (χ3v) is 6.72. The van der Waals surface area contributed by atoms with Crippen LogP contribution in [0.15, 0.2) is 42.5 Å². The molecule has 2 fully saturated rings. The topological polar surface area (TPSA) is 123 Å². The molecule has 1 amide bonds. The number of nitrogens with zero attached hydrogens (tertiary/aromatic N) is 3. The Morgan fingerprint density at radius 3 is 2.34 bits per heavy atom. The van der Waals surface area contributed by atoms with E-state index in [1.807, 2.05) is 30.3 Å². The molecule has 1 saturated carbocycles. The number of anilines is 1. The number of fused-ring (bicyclic) bond motifs is 1. The van der Waals surface area contributed by atoms with Gasteiger partial charge in [0, 0.05) is 30.1 Å². The van der Waals surface area contributed by atoms with Crippen LogP contribution >= 0.6 is 0 Å². The molecule has 1 saturated heterocycles. The van der Waals surface area contributed by atoms with Crippen molar-refractivity contribution in [3.8, 4) is 11.3 Å². The second kappa shape index (κ2) is 10.0. The Bertz CT molecular complexity index is 1190. The zero-order chi connectivity index (χ0) is 21.8. The Kier molecular flexibility index (Phi) is 7.37. The molecule has 2 aromatic heterocycles. The number of aldehydes is 1. The van der Waals surface area contributed by atoms with Gasteiger partial charge in [-0.25, -0.2) is 12.9 Å². The molecule has 2 aliphatic rings. The number of hydrogen-bond donors (Lipinski definition) is 2. The second-order valence-electron chi connectivity index (χ2n) is 7.52. The first-order valence-electron chi connectivity index (χ1n) is 10.1. The van der Waals surface area contributed by atoms with Crippen LogP contribution < -0.4 is 10.6 Å². The van der Waals surface area contributed by atoms with Crippen LogP contribution in [-0.2, 0) is 14.6 Å². The van der Waals surface area contributed by atoms with E-state index in [1.54, 1.807) is 16.6 Å². The summed E-state index contributed by atoms with van der Waals surface area (Å²) in [6.07, 6.45) is 2.69. The number of carbonyl (C=O) groups is 2. The first-order chi connectivity index (χ1) is 14.9. The van der Waals surface area contributed by atoms with Crippen LogP contribution in [0.5, 0.6) is 0 Å². The van der Waals surface area contributed by atoms with Crippen molar-refractivity contribution in [2.45, 2.75) is 20.3 Å². The van der Waals surface area contributed by atoms with Crippen molar-refractivity contribution < 1.29 is 18.0 Å². The minimum atomic E-state index is -2.65. The molecule has 1 aromatic carbocycles. The third-order valence-electron chi connectivity index (χ3n) is 5.07. The molecule has 0 radical (unpaired) electrons. The summed E-state index contributed by atoms with van der Waals surface area (Å²) in [6.45, 7) is 1.25. The van der Waals surface area contributed by atoms with E-state index in [9.17, 15) is 18.0 Å². The lowest BCUT2D eigenvalue weighted by Crippen LogP contribution is -2.35. The minimum Gasteiger partial charge on any atom is -0.315 e. The fraction of sp³-hybridized carbons (Fsp3) is 0.364. The van der Waals surface area contributed by atoms with Crippen LogP contribution in [0.4, 0.5) is 5.95 Å². The lowest BCUT2D eigenvalue weighted by molar-refractivity contribution is -0.117. The number of nitrogens with one attached hydrogen (secondary N) is 2. The van der Waals surface area contributed by atoms with Gasteiger partial charge in [-0.2, -0.15) is 4.98 Å². The Morgan fingerprint density at radius 2 is 1.78 bits per heavy atom. The van der Waals surface area contributed by atoms with E-state index in [0.29, 0.717) is 41.8 Å². The number of sulfone groups is 1. The van der Waals surface area contributed by atoms with E-state index in [2.05, 4.69) is 20.7 Å². The number of rotatable bonds is 4. The van der Waals surface area contributed by atoms with E-state index < -0.39 is 9.84 Å². The number of aromatic nitrogens is 3. The number of benzene rings is 1. The highest BCUT2D eigenvalue weighted by Gasteiger charge is 2.30. The number of pyridine rings is 1. The molecule has 1 aliphatic carbocycles. The SMILES string of the molecule is C.O=Cc1ccc(-c2cccc3nc(NC(=O)C4CC4)nn23)cc1.O=S1(=O)CCNCC1. The van der Waals surface area contributed by atoms with Crippen LogP contribution in [0.2, 0.25) is 0 Å². The number of amides is 1. The summed E-state index contributed by atoms with van der Waals surface area (Å²) in [7, 11) is -2.65. The van der Waals surface area contributed by atoms with Crippen molar-refractivity contribution in [1.29, 1.82) is 0 Å². The highest BCUT2D eigenvalue weighted by molar-refractivity contribution is 7.91. The van der Waals surface area contributed by atoms with Crippen molar-refractivity contribution in [3.63, 3.8) is 0 Å². The van der Waals surface area contributed by atoms with Crippen molar-refractivity contribution in [3.05, 3.63) is 48.0 Å². The van der Waals surface area contributed by atoms with Gasteiger partial charge in [-0.15, -0.1) is 5.10 Å². The maximum atomic E-state index is 11.8. The molecule has 2 N–H and O–H groups in total. The van der Waals surface area contributed by atoms with Gasteiger partial charge in [0.05, 0.1) is 17.2 Å². The molecule has 170 valence electrons. The minimum absolute atomic E-state index is 0. The van der Waals surface area contributed by atoms with Gasteiger partial charge < -0.3 is 5.32 Å². The van der Waals surface area contributed by atoms with Crippen LogP contribution in [-0.4, -0.2) is 59.8 Å². The average Bonchev–Trinajstić information content (AvgIpc) is 3.54. The standard InChI is InChI=1S/C17H14N4O2.C4H9NO2S.CH4/c22-10-11-4-6-12(7-5-11)14-2-1-3-15-18-17(20-21(14)15)19-16(23)13-8-9-13;6-8(7)3-1-5-2-4-8;/h1-7,10,13H,8-9H2,(H,19,20,23);5H,1-4H2;1H4. The first-order valence-corrected chi connectivity index (χ1v) is 11.9. The lowest BCUT2D eigenvalue weighted by Gasteiger charge is -2.10. The lowest BCUT2D eigenvalue weighted by atomic mass is 10.1. The maximum absolute atomic E-state index is 11.8. The molecule has 10 heteroatoms. The van der Waals surface area contributed by atoms with Crippen LogP contribution in [0, 0.1) is 5.92 Å². The summed E-state index contributed by atoms with van der Waals surface area (Å²) < 4.78 is 22.9. The quantitative estimate of drug-likeness (QED) is 0.576. The van der Waals surface area contributed by atoms with Crippen LogP contribution in [0.3, 0.4) is 0 Å². The highest BCUT2D eigenvalue weighted by Crippen LogP contribution is 2.30.